The maximum absolute atomic E-state index is 5.42. The Balaban J connectivity index is 2.20. The summed E-state index contributed by atoms with van der Waals surface area (Å²) in [6.45, 7) is 13.0. The third kappa shape index (κ3) is 5.28. The number of likely N-dealkylation sites (N-methyl/N-ethyl adjacent to an activating group) is 1. The standard InChI is InChI=1S/C13H28N2O/c1-4-15(8-9-16-5-2)11-13-6-7-14-12(3)10-13/h12-14H,4-11H2,1-3H3. The van der Waals surface area contributed by atoms with E-state index in [0.717, 1.165) is 32.2 Å². The number of ether oxygens (including phenoxy) is 1. The summed E-state index contributed by atoms with van der Waals surface area (Å²) in [6.07, 6.45) is 2.65. The van der Waals surface area contributed by atoms with Gasteiger partial charge in [-0.3, -0.25) is 0 Å². The van der Waals surface area contributed by atoms with Gasteiger partial charge in [-0.2, -0.15) is 0 Å². The van der Waals surface area contributed by atoms with Crippen molar-refractivity contribution in [3.8, 4) is 0 Å². The Morgan fingerprint density at radius 2 is 2.19 bits per heavy atom. The van der Waals surface area contributed by atoms with E-state index < -0.39 is 0 Å². The molecular formula is C13H28N2O. The van der Waals surface area contributed by atoms with Crippen LogP contribution in [0.25, 0.3) is 0 Å². The SMILES string of the molecule is CCOCCN(CC)CC1CCNC(C)C1. The van der Waals surface area contributed by atoms with Crippen LogP contribution in [-0.4, -0.2) is 50.3 Å². The van der Waals surface area contributed by atoms with Crippen molar-refractivity contribution < 1.29 is 4.74 Å². The Morgan fingerprint density at radius 3 is 2.81 bits per heavy atom. The monoisotopic (exact) mass is 228 g/mol. The molecule has 1 fully saturated rings. The lowest BCUT2D eigenvalue weighted by molar-refractivity contribution is 0.103. The fraction of sp³-hybridized carbons (Fsp3) is 1.00. The lowest BCUT2D eigenvalue weighted by Crippen LogP contribution is -2.41. The molecule has 1 saturated heterocycles. The first-order chi connectivity index (χ1) is 7.76. The molecule has 0 saturated carbocycles. The van der Waals surface area contributed by atoms with Gasteiger partial charge < -0.3 is 15.0 Å². The molecule has 2 unspecified atom stereocenters. The lowest BCUT2D eigenvalue weighted by Gasteiger charge is -2.32. The lowest BCUT2D eigenvalue weighted by atomic mass is 9.93. The first-order valence-corrected chi connectivity index (χ1v) is 6.79. The first-order valence-electron chi connectivity index (χ1n) is 6.79. The van der Waals surface area contributed by atoms with Crippen molar-refractivity contribution in [2.45, 2.75) is 39.7 Å². The number of hydrogen-bond donors (Lipinski definition) is 1. The van der Waals surface area contributed by atoms with Gasteiger partial charge in [-0.25, -0.2) is 0 Å². The van der Waals surface area contributed by atoms with Crippen molar-refractivity contribution in [2.75, 3.05) is 39.4 Å². The van der Waals surface area contributed by atoms with Crippen molar-refractivity contribution in [2.24, 2.45) is 5.92 Å². The number of nitrogens with one attached hydrogen (secondary N) is 1. The van der Waals surface area contributed by atoms with Crippen LogP contribution in [0, 0.1) is 5.92 Å². The molecular weight excluding hydrogens is 200 g/mol. The highest BCUT2D eigenvalue weighted by Gasteiger charge is 2.19. The van der Waals surface area contributed by atoms with Crippen LogP contribution >= 0.6 is 0 Å². The number of nitrogens with zero attached hydrogens (tertiary/aromatic N) is 1. The second kappa shape index (κ2) is 8.04. The highest BCUT2D eigenvalue weighted by molar-refractivity contribution is 4.77. The summed E-state index contributed by atoms with van der Waals surface area (Å²) in [5.41, 5.74) is 0. The van der Waals surface area contributed by atoms with Gasteiger partial charge >= 0.3 is 0 Å². The summed E-state index contributed by atoms with van der Waals surface area (Å²) in [7, 11) is 0. The van der Waals surface area contributed by atoms with Crippen molar-refractivity contribution >= 4 is 0 Å². The minimum Gasteiger partial charge on any atom is -0.380 e. The highest BCUT2D eigenvalue weighted by Crippen LogP contribution is 2.17. The van der Waals surface area contributed by atoms with Crippen LogP contribution in [0.3, 0.4) is 0 Å². The zero-order chi connectivity index (χ0) is 11.8. The van der Waals surface area contributed by atoms with Crippen molar-refractivity contribution in [1.29, 1.82) is 0 Å². The molecule has 1 heterocycles. The maximum Gasteiger partial charge on any atom is 0.0593 e. The van der Waals surface area contributed by atoms with Gasteiger partial charge in [0.1, 0.15) is 0 Å². The molecule has 0 spiro atoms. The van der Waals surface area contributed by atoms with E-state index in [1.807, 2.05) is 0 Å². The van der Waals surface area contributed by atoms with Crippen LogP contribution in [0.1, 0.15) is 33.6 Å². The second-order valence-electron chi connectivity index (χ2n) is 4.84. The molecule has 3 heteroatoms. The molecule has 1 aliphatic heterocycles. The van der Waals surface area contributed by atoms with E-state index in [4.69, 9.17) is 4.74 Å². The van der Waals surface area contributed by atoms with Gasteiger partial charge in [-0.05, 0) is 45.7 Å². The van der Waals surface area contributed by atoms with E-state index in [1.165, 1.54) is 25.9 Å². The largest absolute Gasteiger partial charge is 0.380 e. The minimum atomic E-state index is 0.698. The Labute approximate surface area is 101 Å². The molecule has 0 aliphatic carbocycles. The smallest absolute Gasteiger partial charge is 0.0593 e. The van der Waals surface area contributed by atoms with Crippen LogP contribution in [0.15, 0.2) is 0 Å². The van der Waals surface area contributed by atoms with Crippen LogP contribution in [0.4, 0.5) is 0 Å². The summed E-state index contributed by atoms with van der Waals surface area (Å²) >= 11 is 0. The molecule has 0 bridgehead atoms. The molecule has 0 radical (unpaired) electrons. The summed E-state index contributed by atoms with van der Waals surface area (Å²) < 4.78 is 5.42. The van der Waals surface area contributed by atoms with Gasteiger partial charge in [0.05, 0.1) is 6.61 Å². The summed E-state index contributed by atoms with van der Waals surface area (Å²) in [5.74, 6) is 0.873. The van der Waals surface area contributed by atoms with E-state index in [0.29, 0.717) is 6.04 Å². The Kier molecular flexibility index (Phi) is 7.01. The van der Waals surface area contributed by atoms with Gasteiger partial charge in [0.25, 0.3) is 0 Å². The quantitative estimate of drug-likeness (QED) is 0.672. The molecule has 0 aromatic rings. The van der Waals surface area contributed by atoms with Gasteiger partial charge in [0, 0.05) is 25.7 Å². The van der Waals surface area contributed by atoms with E-state index in [9.17, 15) is 0 Å². The van der Waals surface area contributed by atoms with E-state index in [1.54, 1.807) is 0 Å². The second-order valence-corrected chi connectivity index (χ2v) is 4.84. The summed E-state index contributed by atoms with van der Waals surface area (Å²) in [4.78, 5) is 2.53. The summed E-state index contributed by atoms with van der Waals surface area (Å²) in [6, 6.07) is 0.698. The third-order valence-corrected chi connectivity index (χ3v) is 3.45. The average molecular weight is 228 g/mol. The molecule has 3 nitrogen and oxygen atoms in total. The molecule has 0 aromatic carbocycles. The molecule has 0 aromatic heterocycles. The van der Waals surface area contributed by atoms with Crippen LogP contribution in [0.2, 0.25) is 0 Å². The van der Waals surface area contributed by atoms with Gasteiger partial charge in [0.15, 0.2) is 0 Å². The third-order valence-electron chi connectivity index (χ3n) is 3.45. The van der Waals surface area contributed by atoms with Gasteiger partial charge in [-0.1, -0.05) is 6.92 Å². The molecule has 2 atom stereocenters. The van der Waals surface area contributed by atoms with Gasteiger partial charge in [0.2, 0.25) is 0 Å². The van der Waals surface area contributed by atoms with Crippen LogP contribution < -0.4 is 5.32 Å². The number of piperidine rings is 1. The van der Waals surface area contributed by atoms with Crippen LogP contribution in [0.5, 0.6) is 0 Å². The Bertz CT molecular complexity index is 175. The fourth-order valence-corrected chi connectivity index (χ4v) is 2.48. The highest BCUT2D eigenvalue weighted by atomic mass is 16.5. The van der Waals surface area contributed by atoms with E-state index in [-0.39, 0.29) is 0 Å². The van der Waals surface area contributed by atoms with Crippen LogP contribution in [-0.2, 0) is 4.74 Å². The Morgan fingerprint density at radius 1 is 1.38 bits per heavy atom. The Hall–Kier alpha value is -0.120. The zero-order valence-corrected chi connectivity index (χ0v) is 11.2. The predicted octanol–water partition coefficient (Wildman–Crippen LogP) is 1.73. The molecule has 1 aliphatic rings. The number of rotatable bonds is 7. The topological polar surface area (TPSA) is 24.5 Å². The average Bonchev–Trinajstić information content (AvgIpc) is 2.28. The van der Waals surface area contributed by atoms with Gasteiger partial charge in [-0.15, -0.1) is 0 Å². The summed E-state index contributed by atoms with van der Waals surface area (Å²) in [5, 5.41) is 3.51. The normalized spacial score (nSPS) is 26.2. The fourth-order valence-electron chi connectivity index (χ4n) is 2.48. The minimum absolute atomic E-state index is 0.698. The van der Waals surface area contributed by atoms with E-state index in [2.05, 4.69) is 31.0 Å². The molecule has 1 N–H and O–H groups in total. The van der Waals surface area contributed by atoms with Crippen molar-refractivity contribution in [1.82, 2.24) is 10.2 Å². The molecule has 96 valence electrons. The van der Waals surface area contributed by atoms with Crippen molar-refractivity contribution in [3.63, 3.8) is 0 Å². The molecule has 16 heavy (non-hydrogen) atoms. The van der Waals surface area contributed by atoms with E-state index >= 15 is 0 Å². The first kappa shape index (κ1) is 13.9. The zero-order valence-electron chi connectivity index (χ0n) is 11.2. The molecule has 1 rings (SSSR count). The predicted molar refractivity (Wildman–Crippen MR) is 68.8 cm³/mol. The van der Waals surface area contributed by atoms with Crippen molar-refractivity contribution in [3.05, 3.63) is 0 Å². The maximum atomic E-state index is 5.42. The number of hydrogen-bond acceptors (Lipinski definition) is 3. The molecule has 0 amide bonds.